The molecular formula is C78H117ClIN9O13. The van der Waals surface area contributed by atoms with Crippen molar-refractivity contribution in [1.82, 2.24) is 40.9 Å². The van der Waals surface area contributed by atoms with Crippen molar-refractivity contribution in [3.8, 4) is 0 Å². The molecule has 6 fully saturated rings. The Morgan fingerprint density at radius 2 is 0.902 bits per heavy atom. The molecule has 2 saturated heterocycles. The zero-order valence-corrected chi connectivity index (χ0v) is 66.6. The van der Waals surface area contributed by atoms with Gasteiger partial charge in [-0.1, -0.05) is 185 Å². The molecule has 8 rings (SSSR count). The number of nitrogens with two attached hydrogens (primary N) is 1. The lowest BCUT2D eigenvalue weighted by Gasteiger charge is -2.38. The van der Waals surface area contributed by atoms with Crippen molar-refractivity contribution < 1.29 is 62.3 Å². The van der Waals surface area contributed by atoms with Gasteiger partial charge in [0.1, 0.15) is 18.1 Å². The number of urea groups is 1. The number of carbonyl (C=O) groups is 13. The van der Waals surface area contributed by atoms with E-state index >= 15 is 0 Å². The number of piperidine rings is 2. The number of carbonyl (C=O) groups excluding carboxylic acids is 13. The molecular weight excluding hydrogens is 1430 g/mol. The first-order valence-electron chi connectivity index (χ1n) is 36.2. The van der Waals surface area contributed by atoms with Crippen molar-refractivity contribution >= 4 is 111 Å². The lowest BCUT2D eigenvalue weighted by atomic mass is 9.83. The maximum absolute atomic E-state index is 14.3. The van der Waals surface area contributed by atoms with Crippen LogP contribution < -0.4 is 27.0 Å². The summed E-state index contributed by atoms with van der Waals surface area (Å²) in [5, 5.41) is 11.1. The molecule has 24 heteroatoms. The van der Waals surface area contributed by atoms with E-state index in [1.165, 1.54) is 20.6 Å². The third-order valence-corrected chi connectivity index (χ3v) is 22.2. The number of amides is 8. The zero-order valence-electron chi connectivity index (χ0n) is 63.6. The van der Waals surface area contributed by atoms with Gasteiger partial charge >= 0.3 is 6.03 Å². The number of fused-ring (bicyclic) bond motifs is 2. The minimum Gasteiger partial charge on any atom is -0.347 e. The van der Waals surface area contributed by atoms with E-state index in [9.17, 15) is 62.3 Å². The van der Waals surface area contributed by atoms with E-state index in [2.05, 4.69) is 78.5 Å². The number of Topliss-reactive ketones (excluding diaryl/α,β-unsaturated/α-hetero) is 6. The standard InChI is InChI=1S/C40H59N5O7.C35H50N4O6.C3H7I.ClH/c1-38(2,3)34(42-37(52)43-39(4,5)6)36(51)45-22-26-30(40(26,7)8)32(45)28(47)21-25(20-23-16-17-23)33(49)27(46)18-19-29(48)41-31(35(50)44(9)10)24-14-12-11-13-15-24;1-34(2,3)31(36)33(45)39-19-23-27(35(23,4)5)29(39)25(41)18-22(17-20-13-14-20)30(43)24(40)15-16-26(42)37-28(32(44)38(6)7)21-11-9-8-10-12-21;1-2-3-4;/h11-15,23,25-26,30-32,34H,16-22H2,1-10H3,(H,41,48)(H2,42,43,52);8-12,20,22-23,27-29,31H,13-19,36H2,1-7H3,(H,37,42);2-3H2,1H3;1H/t25?,26?,30-,31-,32+,34+;22?,23?,27-,28-,29+,31+;;/m00../s1. The highest BCUT2D eigenvalue weighted by atomic mass is 127. The second kappa shape index (κ2) is 35.5. The van der Waals surface area contributed by atoms with Gasteiger partial charge < -0.3 is 46.6 Å². The first-order valence-corrected chi connectivity index (χ1v) is 37.7. The van der Waals surface area contributed by atoms with E-state index in [0.29, 0.717) is 37.1 Å². The Bertz CT molecular complexity index is 3370. The largest absolute Gasteiger partial charge is 0.347 e. The van der Waals surface area contributed by atoms with Crippen LogP contribution in [0.5, 0.6) is 0 Å². The third kappa shape index (κ3) is 22.8. The van der Waals surface area contributed by atoms with Crippen LogP contribution in [0.2, 0.25) is 0 Å². The average molecular weight is 1550 g/mol. The van der Waals surface area contributed by atoms with Crippen LogP contribution >= 0.6 is 35.0 Å². The second-order valence-electron chi connectivity index (χ2n) is 33.9. The van der Waals surface area contributed by atoms with Gasteiger partial charge in [0.05, 0.1) is 18.1 Å². The second-order valence-corrected chi connectivity index (χ2v) is 35.0. The number of benzene rings is 2. The highest BCUT2D eigenvalue weighted by molar-refractivity contribution is 14.1. The Balaban J connectivity index is 0.000000349. The molecule has 4 saturated carbocycles. The number of hydrogen-bond donors (Lipinski definition) is 5. The number of nitrogens with zero attached hydrogens (tertiary/aromatic N) is 4. The molecule has 2 aromatic carbocycles. The smallest absolute Gasteiger partial charge is 0.315 e. The van der Waals surface area contributed by atoms with Crippen LogP contribution in [0.15, 0.2) is 60.7 Å². The van der Waals surface area contributed by atoms with Crippen molar-refractivity contribution in [2.75, 3.05) is 45.7 Å². The quantitative estimate of drug-likeness (QED) is 0.0276. The SMILES string of the molecule is CCCI.CN(C)C(=O)[C@@H](NC(=O)CCC(=O)C(=O)C(CC(=O)[C@@H]1[C@@H]2C(CN1C(=O)[C@@H](N)C(C)(C)C)C2(C)C)CC1CC1)c1ccccc1.CN(C)C(=O)[C@@H](NC(=O)CCC(=O)C(=O)C(CC(=O)[C@@H]1[C@@H]2C(CN1C(=O)[C@@H](NC(=O)NC(C)(C)C)C(C)(C)C)C2(C)C)CC1CC1)c1ccccc1.Cl. The Morgan fingerprint density at radius 1 is 0.549 bits per heavy atom. The predicted molar refractivity (Wildman–Crippen MR) is 402 cm³/mol. The van der Waals surface area contributed by atoms with Crippen molar-refractivity contribution in [2.24, 2.45) is 74.7 Å². The summed E-state index contributed by atoms with van der Waals surface area (Å²) in [5.74, 6) is -6.40. The van der Waals surface area contributed by atoms with Gasteiger partial charge in [-0.2, -0.15) is 0 Å². The van der Waals surface area contributed by atoms with E-state index in [1.54, 1.807) is 92.6 Å². The van der Waals surface area contributed by atoms with Crippen LogP contribution in [0.3, 0.4) is 0 Å². The first kappa shape index (κ1) is 86.2. The van der Waals surface area contributed by atoms with E-state index in [0.717, 1.165) is 25.7 Å². The summed E-state index contributed by atoms with van der Waals surface area (Å²) in [6, 6.07) is 12.2. The molecule has 2 heterocycles. The molecule has 2 aliphatic heterocycles. The number of likely N-dealkylation sites (N-methyl/N-ethyl adjacent to an activating group) is 2. The molecule has 0 bridgehead atoms. The van der Waals surface area contributed by atoms with Gasteiger partial charge in [-0.25, -0.2) is 4.79 Å². The molecule has 2 aromatic rings. The van der Waals surface area contributed by atoms with Crippen molar-refractivity contribution in [2.45, 2.75) is 222 Å². The fourth-order valence-corrected chi connectivity index (χ4v) is 14.4. The van der Waals surface area contributed by atoms with Crippen LogP contribution in [-0.4, -0.2) is 171 Å². The highest BCUT2D eigenvalue weighted by Gasteiger charge is 2.71. The van der Waals surface area contributed by atoms with Crippen molar-refractivity contribution in [3.63, 3.8) is 0 Å². The van der Waals surface area contributed by atoms with Gasteiger partial charge in [-0.05, 0) is 113 Å². The number of nitrogens with one attached hydrogen (secondary N) is 4. The summed E-state index contributed by atoms with van der Waals surface area (Å²) >= 11 is 2.35. The van der Waals surface area contributed by atoms with Crippen molar-refractivity contribution in [1.29, 1.82) is 0 Å². The predicted octanol–water partition coefficient (Wildman–Crippen LogP) is 9.56. The van der Waals surface area contributed by atoms with Gasteiger partial charge in [-0.3, -0.25) is 57.5 Å². The van der Waals surface area contributed by atoms with E-state index in [4.69, 9.17) is 5.73 Å². The molecule has 566 valence electrons. The van der Waals surface area contributed by atoms with E-state index in [-0.39, 0.29) is 132 Å². The van der Waals surface area contributed by atoms with Gasteiger partial charge in [0.25, 0.3) is 0 Å². The molecule has 0 aromatic heterocycles. The van der Waals surface area contributed by atoms with Crippen LogP contribution in [-0.2, 0) is 57.5 Å². The summed E-state index contributed by atoms with van der Waals surface area (Å²) in [6.07, 6.45) is 4.37. The third-order valence-electron chi connectivity index (χ3n) is 21.1. The molecule has 4 unspecified atom stereocenters. The Hall–Kier alpha value is -6.47. The summed E-state index contributed by atoms with van der Waals surface area (Å²) in [6.45, 7) is 28.2. The minimum atomic E-state index is -0.941. The molecule has 0 radical (unpaired) electrons. The Kier molecular flexibility index (Phi) is 30.0. The molecule has 6 N–H and O–H groups in total. The fourth-order valence-electron chi connectivity index (χ4n) is 14.4. The van der Waals surface area contributed by atoms with Crippen LogP contribution in [0.25, 0.3) is 0 Å². The number of alkyl halides is 1. The van der Waals surface area contributed by atoms with Gasteiger partial charge in [0.2, 0.25) is 47.0 Å². The number of rotatable bonds is 30. The molecule has 22 nitrogen and oxygen atoms in total. The maximum atomic E-state index is 14.3. The molecule has 12 atom stereocenters. The summed E-state index contributed by atoms with van der Waals surface area (Å²) in [7, 11) is 6.37. The van der Waals surface area contributed by atoms with E-state index in [1.807, 2.05) is 68.4 Å². The van der Waals surface area contributed by atoms with E-state index < -0.39 is 105 Å². The molecule has 4 aliphatic carbocycles. The van der Waals surface area contributed by atoms with Crippen LogP contribution in [0.4, 0.5) is 4.79 Å². The average Bonchev–Trinajstić information content (AvgIpc) is 1.53. The monoisotopic (exact) mass is 1550 g/mol. The zero-order chi connectivity index (χ0) is 75.8. The van der Waals surface area contributed by atoms with Gasteiger partial charge in [0.15, 0.2) is 23.1 Å². The first-order chi connectivity index (χ1) is 46.9. The number of halogens is 2. The van der Waals surface area contributed by atoms with Crippen LogP contribution in [0.1, 0.15) is 204 Å². The van der Waals surface area contributed by atoms with Gasteiger partial charge in [-0.15, -0.1) is 12.4 Å². The number of likely N-dealkylation sites (tertiary alicyclic amines) is 2. The molecule has 102 heavy (non-hydrogen) atoms. The molecule has 6 aliphatic rings. The Morgan fingerprint density at radius 3 is 1.21 bits per heavy atom. The Labute approximate surface area is 625 Å². The highest BCUT2D eigenvalue weighted by Crippen LogP contribution is 2.66. The van der Waals surface area contributed by atoms with Gasteiger partial charge in [0, 0.05) is 97.2 Å². The lowest BCUT2D eigenvalue weighted by Crippen LogP contribution is -2.60. The summed E-state index contributed by atoms with van der Waals surface area (Å²) in [4.78, 5) is 180. The summed E-state index contributed by atoms with van der Waals surface area (Å²) < 4.78 is 1.29. The number of hydrogen-bond acceptors (Lipinski definition) is 14. The minimum absolute atomic E-state index is 0. The fraction of sp³-hybridized carbons (Fsp3) is 0.679. The summed E-state index contributed by atoms with van der Waals surface area (Å²) in [5.41, 5.74) is 5.61. The molecule has 0 spiro atoms. The van der Waals surface area contributed by atoms with Crippen molar-refractivity contribution in [3.05, 3.63) is 71.8 Å². The molecule has 8 amide bonds. The maximum Gasteiger partial charge on any atom is 0.315 e. The topological polar surface area (TPSA) is 309 Å². The normalized spacial score (nSPS) is 22.1. The lowest BCUT2D eigenvalue weighted by molar-refractivity contribution is -0.145. The van der Waals surface area contributed by atoms with Crippen LogP contribution in [0, 0.1) is 69.0 Å². The number of ketones is 6.